The molecular formula is C16H19N3O2. The van der Waals surface area contributed by atoms with E-state index in [1.54, 1.807) is 24.3 Å². The number of amides is 2. The Labute approximate surface area is 124 Å². The number of nitrogens with zero attached hydrogens (tertiary/aromatic N) is 1. The van der Waals surface area contributed by atoms with E-state index in [9.17, 15) is 9.59 Å². The second-order valence-corrected chi connectivity index (χ2v) is 5.24. The van der Waals surface area contributed by atoms with Gasteiger partial charge >= 0.3 is 0 Å². The molecule has 2 rings (SSSR count). The smallest absolute Gasteiger partial charge is 0.251 e. The van der Waals surface area contributed by atoms with Crippen molar-refractivity contribution in [1.82, 2.24) is 10.6 Å². The Morgan fingerprint density at radius 3 is 2.43 bits per heavy atom. The third kappa shape index (κ3) is 4.60. The minimum Gasteiger partial charge on any atom is -0.352 e. The van der Waals surface area contributed by atoms with Crippen LogP contribution in [-0.2, 0) is 4.79 Å². The third-order valence-corrected chi connectivity index (χ3v) is 3.64. The fourth-order valence-electron chi connectivity index (χ4n) is 2.48. The van der Waals surface area contributed by atoms with Crippen LogP contribution >= 0.6 is 0 Å². The lowest BCUT2D eigenvalue weighted by Crippen LogP contribution is -2.42. The normalized spacial score (nSPS) is 15.0. The summed E-state index contributed by atoms with van der Waals surface area (Å²) < 4.78 is 0. The van der Waals surface area contributed by atoms with Gasteiger partial charge in [0, 0.05) is 11.6 Å². The summed E-state index contributed by atoms with van der Waals surface area (Å²) in [5.74, 6) is -0.446. The number of carbonyl (C=O) groups excluding carboxylic acids is 2. The lowest BCUT2D eigenvalue weighted by atomic mass is 9.95. The average molecular weight is 285 g/mol. The second kappa shape index (κ2) is 7.44. The summed E-state index contributed by atoms with van der Waals surface area (Å²) >= 11 is 0. The Hall–Kier alpha value is -2.35. The maximum absolute atomic E-state index is 11.9. The quantitative estimate of drug-likeness (QED) is 0.835. The molecule has 5 nitrogen and oxygen atoms in total. The molecular weight excluding hydrogens is 266 g/mol. The van der Waals surface area contributed by atoms with Gasteiger partial charge in [0.25, 0.3) is 5.91 Å². The summed E-state index contributed by atoms with van der Waals surface area (Å²) in [6, 6.07) is 6.60. The fourth-order valence-corrected chi connectivity index (χ4v) is 2.48. The van der Waals surface area contributed by atoms with Gasteiger partial charge in [-0.25, -0.2) is 4.85 Å². The molecule has 2 amide bonds. The zero-order valence-corrected chi connectivity index (χ0v) is 11.9. The fraction of sp³-hybridized carbons (Fsp3) is 0.438. The van der Waals surface area contributed by atoms with Crippen molar-refractivity contribution in [1.29, 1.82) is 0 Å². The molecule has 0 spiro atoms. The topological polar surface area (TPSA) is 62.6 Å². The maximum atomic E-state index is 11.9. The summed E-state index contributed by atoms with van der Waals surface area (Å²) in [5, 5.41) is 5.55. The van der Waals surface area contributed by atoms with Crippen molar-refractivity contribution in [2.45, 2.75) is 38.1 Å². The molecule has 21 heavy (non-hydrogen) atoms. The molecule has 1 aromatic rings. The van der Waals surface area contributed by atoms with Crippen LogP contribution in [0, 0.1) is 6.57 Å². The molecule has 0 bridgehead atoms. The Morgan fingerprint density at radius 1 is 1.14 bits per heavy atom. The van der Waals surface area contributed by atoms with Crippen LogP contribution in [0.25, 0.3) is 4.85 Å². The largest absolute Gasteiger partial charge is 0.352 e. The SMILES string of the molecule is [C-]#[N+]c1ccc(C(=O)NCC(=O)NC2CCCCC2)cc1. The highest BCUT2D eigenvalue weighted by Gasteiger charge is 2.16. The van der Waals surface area contributed by atoms with E-state index in [2.05, 4.69) is 15.5 Å². The van der Waals surface area contributed by atoms with Crippen LogP contribution in [0.15, 0.2) is 24.3 Å². The number of benzene rings is 1. The van der Waals surface area contributed by atoms with Crippen LogP contribution in [0.1, 0.15) is 42.5 Å². The number of hydrogen-bond acceptors (Lipinski definition) is 2. The Balaban J connectivity index is 1.77. The summed E-state index contributed by atoms with van der Waals surface area (Å²) in [4.78, 5) is 26.9. The lowest BCUT2D eigenvalue weighted by Gasteiger charge is -2.22. The first-order valence-corrected chi connectivity index (χ1v) is 7.24. The predicted molar refractivity (Wildman–Crippen MR) is 80.1 cm³/mol. The zero-order chi connectivity index (χ0) is 15.1. The molecule has 0 saturated heterocycles. The minimum absolute atomic E-state index is 0.0140. The molecule has 0 aromatic heterocycles. The monoisotopic (exact) mass is 285 g/mol. The van der Waals surface area contributed by atoms with Crippen LogP contribution in [0.3, 0.4) is 0 Å². The Morgan fingerprint density at radius 2 is 1.81 bits per heavy atom. The van der Waals surface area contributed by atoms with Crippen molar-refractivity contribution < 1.29 is 9.59 Å². The summed E-state index contributed by atoms with van der Waals surface area (Å²) in [6.45, 7) is 6.84. The predicted octanol–water partition coefficient (Wildman–Crippen LogP) is 2.42. The molecule has 1 aliphatic rings. The van der Waals surface area contributed by atoms with Crippen molar-refractivity contribution >= 4 is 17.5 Å². The van der Waals surface area contributed by atoms with Gasteiger partial charge < -0.3 is 10.6 Å². The van der Waals surface area contributed by atoms with Gasteiger partial charge in [0.1, 0.15) is 0 Å². The van der Waals surface area contributed by atoms with E-state index < -0.39 is 0 Å². The summed E-state index contributed by atoms with van der Waals surface area (Å²) in [7, 11) is 0. The molecule has 0 unspecified atom stereocenters. The Kier molecular flexibility index (Phi) is 5.33. The second-order valence-electron chi connectivity index (χ2n) is 5.24. The molecule has 1 aliphatic carbocycles. The van der Waals surface area contributed by atoms with Crippen LogP contribution in [0.4, 0.5) is 5.69 Å². The molecule has 0 atom stereocenters. The van der Waals surface area contributed by atoms with Gasteiger partial charge in [0.15, 0.2) is 5.69 Å². The first-order valence-electron chi connectivity index (χ1n) is 7.24. The van der Waals surface area contributed by atoms with Gasteiger partial charge in [-0.2, -0.15) is 0 Å². The molecule has 5 heteroatoms. The molecule has 2 N–H and O–H groups in total. The first kappa shape index (κ1) is 15.0. The summed E-state index contributed by atoms with van der Waals surface area (Å²) in [5.41, 5.74) is 0.939. The van der Waals surface area contributed by atoms with Crippen molar-refractivity contribution in [3.8, 4) is 0 Å². The van der Waals surface area contributed by atoms with Crippen LogP contribution in [0.2, 0.25) is 0 Å². The van der Waals surface area contributed by atoms with E-state index in [0.717, 1.165) is 25.7 Å². The highest BCUT2D eigenvalue weighted by atomic mass is 16.2. The van der Waals surface area contributed by atoms with Crippen LogP contribution in [-0.4, -0.2) is 24.4 Å². The number of carbonyl (C=O) groups is 2. The van der Waals surface area contributed by atoms with Gasteiger partial charge in [0.05, 0.1) is 13.1 Å². The van der Waals surface area contributed by atoms with E-state index in [0.29, 0.717) is 11.3 Å². The van der Waals surface area contributed by atoms with E-state index in [1.807, 2.05) is 0 Å². The van der Waals surface area contributed by atoms with Gasteiger partial charge in [-0.15, -0.1) is 0 Å². The third-order valence-electron chi connectivity index (χ3n) is 3.64. The molecule has 110 valence electrons. The maximum Gasteiger partial charge on any atom is 0.251 e. The van der Waals surface area contributed by atoms with Crippen molar-refractivity contribution in [3.05, 3.63) is 41.2 Å². The highest BCUT2D eigenvalue weighted by molar-refractivity contribution is 5.96. The Bertz CT molecular complexity index is 540. The number of nitrogens with one attached hydrogen (secondary N) is 2. The highest BCUT2D eigenvalue weighted by Crippen LogP contribution is 2.17. The van der Waals surface area contributed by atoms with Crippen molar-refractivity contribution in [2.75, 3.05) is 6.54 Å². The van der Waals surface area contributed by atoms with Crippen LogP contribution in [0.5, 0.6) is 0 Å². The number of rotatable bonds is 4. The molecule has 1 aromatic carbocycles. The van der Waals surface area contributed by atoms with E-state index in [1.165, 1.54) is 6.42 Å². The van der Waals surface area contributed by atoms with Gasteiger partial charge in [0.2, 0.25) is 5.91 Å². The van der Waals surface area contributed by atoms with Gasteiger partial charge in [-0.05, 0) is 12.8 Å². The van der Waals surface area contributed by atoms with Gasteiger partial charge in [-0.3, -0.25) is 9.59 Å². The van der Waals surface area contributed by atoms with Crippen molar-refractivity contribution in [3.63, 3.8) is 0 Å². The minimum atomic E-state index is -0.301. The van der Waals surface area contributed by atoms with Gasteiger partial charge in [-0.1, -0.05) is 43.5 Å². The number of hydrogen-bond donors (Lipinski definition) is 2. The summed E-state index contributed by atoms with van der Waals surface area (Å²) in [6.07, 6.45) is 5.61. The van der Waals surface area contributed by atoms with Crippen LogP contribution < -0.4 is 10.6 Å². The van der Waals surface area contributed by atoms with E-state index in [4.69, 9.17) is 6.57 Å². The van der Waals surface area contributed by atoms with E-state index >= 15 is 0 Å². The van der Waals surface area contributed by atoms with E-state index in [-0.39, 0.29) is 24.4 Å². The average Bonchev–Trinajstić information content (AvgIpc) is 2.53. The standard InChI is InChI=1S/C16H19N3O2/c1-17-13-9-7-12(8-10-13)16(21)18-11-15(20)19-14-5-3-2-4-6-14/h7-10,14H,2-6,11H2,(H,18,21)(H,19,20). The molecule has 0 heterocycles. The first-order chi connectivity index (χ1) is 10.2. The molecule has 1 fully saturated rings. The molecule has 1 saturated carbocycles. The molecule has 0 radical (unpaired) electrons. The zero-order valence-electron chi connectivity index (χ0n) is 11.9. The molecule has 0 aliphatic heterocycles. The lowest BCUT2D eigenvalue weighted by molar-refractivity contribution is -0.121. The van der Waals surface area contributed by atoms with Crippen molar-refractivity contribution in [2.24, 2.45) is 0 Å².